The topological polar surface area (TPSA) is 96.7 Å². The van der Waals surface area contributed by atoms with Crippen LogP contribution in [0.15, 0.2) is 68.7 Å². The lowest BCUT2D eigenvalue weighted by atomic mass is 10.0. The van der Waals surface area contributed by atoms with Crippen molar-refractivity contribution in [3.8, 4) is 0 Å². The first-order valence-corrected chi connectivity index (χ1v) is 11.6. The summed E-state index contributed by atoms with van der Waals surface area (Å²) in [5.41, 5.74) is 1.57. The van der Waals surface area contributed by atoms with Gasteiger partial charge < -0.3 is 9.73 Å². The molecule has 0 aliphatic carbocycles. The van der Waals surface area contributed by atoms with E-state index in [4.69, 9.17) is 4.42 Å². The minimum atomic E-state index is -3.52. The number of rotatable bonds is 5. The van der Waals surface area contributed by atoms with Crippen molar-refractivity contribution < 1.29 is 17.6 Å². The van der Waals surface area contributed by atoms with Gasteiger partial charge in [0.25, 0.3) is 0 Å². The van der Waals surface area contributed by atoms with E-state index in [1.165, 1.54) is 10.4 Å². The largest absolute Gasteiger partial charge is 0.423 e. The molecule has 1 fully saturated rings. The van der Waals surface area contributed by atoms with Crippen LogP contribution < -0.4 is 10.9 Å². The number of carbonyl (C=O) groups is 1. The molecule has 0 radical (unpaired) electrons. The number of fused-ring (bicyclic) bond motifs is 1. The summed E-state index contributed by atoms with van der Waals surface area (Å²) in [6, 6.07) is 15.1. The summed E-state index contributed by atoms with van der Waals surface area (Å²) < 4.78 is 32.2. The third-order valence-electron chi connectivity index (χ3n) is 5.54. The van der Waals surface area contributed by atoms with E-state index in [2.05, 4.69) is 5.32 Å². The monoisotopic (exact) mass is 440 g/mol. The van der Waals surface area contributed by atoms with Gasteiger partial charge in [0, 0.05) is 30.6 Å². The van der Waals surface area contributed by atoms with Crippen LogP contribution >= 0.6 is 0 Å². The highest BCUT2D eigenvalue weighted by molar-refractivity contribution is 7.89. The number of hydrogen-bond acceptors (Lipinski definition) is 5. The average Bonchev–Trinajstić information content (AvgIpc) is 2.74. The Kier molecular flexibility index (Phi) is 5.93. The molecule has 1 saturated heterocycles. The second kappa shape index (κ2) is 8.64. The van der Waals surface area contributed by atoms with E-state index in [0.717, 1.165) is 10.9 Å². The Morgan fingerprint density at radius 2 is 1.81 bits per heavy atom. The molecule has 1 aromatic heterocycles. The zero-order valence-electron chi connectivity index (χ0n) is 17.2. The van der Waals surface area contributed by atoms with Crippen LogP contribution in [0.1, 0.15) is 24.0 Å². The van der Waals surface area contributed by atoms with Crippen LogP contribution in [0.25, 0.3) is 11.0 Å². The van der Waals surface area contributed by atoms with Gasteiger partial charge in [-0.1, -0.05) is 30.3 Å². The molecule has 0 bridgehead atoms. The summed E-state index contributed by atoms with van der Waals surface area (Å²) in [5.74, 6) is -0.197. The van der Waals surface area contributed by atoms with Crippen LogP contribution in [-0.2, 0) is 21.2 Å². The number of amides is 1. The molecule has 4 rings (SSSR count). The van der Waals surface area contributed by atoms with Gasteiger partial charge in [-0.2, -0.15) is 4.31 Å². The average molecular weight is 441 g/mol. The Balaban J connectivity index is 1.39. The van der Waals surface area contributed by atoms with E-state index in [1.54, 1.807) is 36.4 Å². The quantitative estimate of drug-likeness (QED) is 0.615. The van der Waals surface area contributed by atoms with Crippen molar-refractivity contribution in [1.82, 2.24) is 9.62 Å². The first-order valence-electron chi connectivity index (χ1n) is 10.2. The van der Waals surface area contributed by atoms with Gasteiger partial charge in [-0.25, -0.2) is 13.2 Å². The first-order chi connectivity index (χ1) is 14.8. The Morgan fingerprint density at radius 1 is 1.10 bits per heavy atom. The molecule has 0 spiro atoms. The van der Waals surface area contributed by atoms with Gasteiger partial charge in [0.1, 0.15) is 5.58 Å². The highest BCUT2D eigenvalue weighted by atomic mass is 32.2. The smallest absolute Gasteiger partial charge is 0.336 e. The molecule has 1 aliphatic rings. The summed E-state index contributed by atoms with van der Waals surface area (Å²) in [4.78, 5) is 24.8. The number of benzene rings is 2. The second-order valence-electron chi connectivity index (χ2n) is 7.83. The molecule has 1 aliphatic heterocycles. The van der Waals surface area contributed by atoms with Crippen LogP contribution in [0, 0.1) is 6.92 Å². The fourth-order valence-electron chi connectivity index (χ4n) is 3.92. The molecule has 31 heavy (non-hydrogen) atoms. The summed E-state index contributed by atoms with van der Waals surface area (Å²) in [7, 11) is -3.52. The standard InChI is InChI=1S/C23H24N2O5S/c1-16-7-8-20-17(15-23(27)30-21(20)13-16)14-22(26)24-18-9-11-25(12-10-18)31(28,29)19-5-3-2-4-6-19/h2-8,13,15,18H,9-12,14H2,1H3,(H,24,26). The molecule has 8 heteroatoms. The molecule has 7 nitrogen and oxygen atoms in total. The third-order valence-corrected chi connectivity index (χ3v) is 7.45. The van der Waals surface area contributed by atoms with Crippen molar-refractivity contribution in [2.24, 2.45) is 0 Å². The Hall–Kier alpha value is -2.97. The summed E-state index contributed by atoms with van der Waals surface area (Å²) in [6.07, 6.45) is 1.14. The van der Waals surface area contributed by atoms with E-state index in [0.29, 0.717) is 37.1 Å². The zero-order valence-corrected chi connectivity index (χ0v) is 18.0. The number of piperidine rings is 1. The van der Waals surface area contributed by atoms with Crippen molar-refractivity contribution in [1.29, 1.82) is 0 Å². The fourth-order valence-corrected chi connectivity index (χ4v) is 5.41. The van der Waals surface area contributed by atoms with Crippen LogP contribution in [0.2, 0.25) is 0 Å². The van der Waals surface area contributed by atoms with Crippen molar-refractivity contribution in [2.45, 2.75) is 37.1 Å². The van der Waals surface area contributed by atoms with E-state index >= 15 is 0 Å². The van der Waals surface area contributed by atoms with Crippen LogP contribution in [0.5, 0.6) is 0 Å². The van der Waals surface area contributed by atoms with E-state index in [-0.39, 0.29) is 23.3 Å². The molecule has 162 valence electrons. The molecule has 0 atom stereocenters. The van der Waals surface area contributed by atoms with Crippen molar-refractivity contribution in [3.63, 3.8) is 0 Å². The lowest BCUT2D eigenvalue weighted by Gasteiger charge is -2.31. The number of nitrogens with zero attached hydrogens (tertiary/aromatic N) is 1. The lowest BCUT2D eigenvalue weighted by Crippen LogP contribution is -2.46. The highest BCUT2D eigenvalue weighted by Gasteiger charge is 2.29. The summed E-state index contributed by atoms with van der Waals surface area (Å²) in [6.45, 7) is 2.60. The van der Waals surface area contributed by atoms with E-state index in [9.17, 15) is 18.0 Å². The van der Waals surface area contributed by atoms with Crippen LogP contribution in [0.3, 0.4) is 0 Å². The van der Waals surface area contributed by atoms with Gasteiger partial charge in [0.2, 0.25) is 15.9 Å². The van der Waals surface area contributed by atoms with Gasteiger partial charge >= 0.3 is 5.63 Å². The fraction of sp³-hybridized carbons (Fsp3) is 0.304. The molecular formula is C23H24N2O5S. The number of carbonyl (C=O) groups excluding carboxylic acids is 1. The van der Waals surface area contributed by atoms with E-state index in [1.807, 2.05) is 19.1 Å². The predicted octanol–water partition coefficient (Wildman–Crippen LogP) is 2.61. The maximum atomic E-state index is 12.7. The Labute approximate surface area is 180 Å². The molecule has 2 heterocycles. The zero-order chi connectivity index (χ0) is 22.0. The summed E-state index contributed by atoms with van der Waals surface area (Å²) in [5, 5.41) is 3.72. The SMILES string of the molecule is Cc1ccc2c(CC(=O)NC3CCN(S(=O)(=O)c4ccccc4)CC3)cc(=O)oc2c1. The van der Waals surface area contributed by atoms with Gasteiger partial charge in [-0.3, -0.25) is 4.79 Å². The Bertz CT molecular complexity index is 1260. The number of aryl methyl sites for hydroxylation is 1. The number of sulfonamides is 1. The van der Waals surface area contributed by atoms with Gasteiger partial charge in [-0.15, -0.1) is 0 Å². The molecule has 0 saturated carbocycles. The normalized spacial score (nSPS) is 15.8. The van der Waals surface area contributed by atoms with Gasteiger partial charge in [0.15, 0.2) is 0 Å². The molecule has 0 unspecified atom stereocenters. The molecular weight excluding hydrogens is 416 g/mol. The Morgan fingerprint density at radius 3 is 2.52 bits per heavy atom. The first kappa shape index (κ1) is 21.3. The maximum absolute atomic E-state index is 12.7. The minimum absolute atomic E-state index is 0.0632. The third kappa shape index (κ3) is 4.70. The lowest BCUT2D eigenvalue weighted by molar-refractivity contribution is -0.121. The van der Waals surface area contributed by atoms with Crippen LogP contribution in [-0.4, -0.2) is 37.8 Å². The number of nitrogens with one attached hydrogen (secondary N) is 1. The van der Waals surface area contributed by atoms with E-state index < -0.39 is 15.6 Å². The van der Waals surface area contributed by atoms with Crippen LogP contribution in [0.4, 0.5) is 0 Å². The van der Waals surface area contributed by atoms with Gasteiger partial charge in [-0.05, 0) is 49.1 Å². The van der Waals surface area contributed by atoms with Crippen molar-refractivity contribution >= 4 is 26.9 Å². The number of hydrogen-bond donors (Lipinski definition) is 1. The molecule has 1 amide bonds. The van der Waals surface area contributed by atoms with Gasteiger partial charge in [0.05, 0.1) is 11.3 Å². The highest BCUT2D eigenvalue weighted by Crippen LogP contribution is 2.22. The second-order valence-corrected chi connectivity index (χ2v) is 9.76. The molecule has 2 aromatic carbocycles. The minimum Gasteiger partial charge on any atom is -0.423 e. The van der Waals surface area contributed by atoms with Crippen molar-refractivity contribution in [3.05, 3.63) is 76.1 Å². The van der Waals surface area contributed by atoms with Crippen molar-refractivity contribution in [2.75, 3.05) is 13.1 Å². The maximum Gasteiger partial charge on any atom is 0.336 e. The summed E-state index contributed by atoms with van der Waals surface area (Å²) >= 11 is 0. The molecule has 1 N–H and O–H groups in total. The molecule has 3 aromatic rings. The predicted molar refractivity (Wildman–Crippen MR) is 117 cm³/mol.